The molecule has 0 aliphatic carbocycles. The highest BCUT2D eigenvalue weighted by molar-refractivity contribution is 5.58. The van der Waals surface area contributed by atoms with Gasteiger partial charge in [-0.05, 0) is 12.3 Å². The predicted molar refractivity (Wildman–Crippen MR) is 62.0 cm³/mol. The number of nitrogens with zero attached hydrogens (tertiary/aromatic N) is 4. The molecule has 3 rings (SSSR count). The lowest BCUT2D eigenvalue weighted by Gasteiger charge is -2.22. The van der Waals surface area contributed by atoms with Crippen molar-refractivity contribution in [2.75, 3.05) is 24.5 Å². The summed E-state index contributed by atoms with van der Waals surface area (Å²) in [7, 11) is 1.72. The summed E-state index contributed by atoms with van der Waals surface area (Å²) in [4.78, 5) is 12.7. The van der Waals surface area contributed by atoms with E-state index < -0.39 is 0 Å². The van der Waals surface area contributed by atoms with Crippen LogP contribution in [0.5, 0.6) is 0 Å². The lowest BCUT2D eigenvalue weighted by molar-refractivity contribution is -0.384. The predicted octanol–water partition coefficient (Wildman–Crippen LogP) is 0.126. The molecule has 0 spiro atoms. The number of hydrogen-bond acceptors (Lipinski definition) is 5. The van der Waals surface area contributed by atoms with Gasteiger partial charge in [0.25, 0.3) is 0 Å². The van der Waals surface area contributed by atoms with Crippen LogP contribution in [0.25, 0.3) is 0 Å². The maximum Gasteiger partial charge on any atom is 0.330 e. The second-order valence-corrected chi connectivity index (χ2v) is 4.74. The molecule has 3 heterocycles. The second-order valence-electron chi connectivity index (χ2n) is 4.74. The fraction of sp³-hybridized carbons (Fsp3) is 0.700. The number of fused-ring (bicyclic) bond motifs is 1. The largest absolute Gasteiger partial charge is 0.345 e. The van der Waals surface area contributed by atoms with Crippen molar-refractivity contribution >= 4 is 11.5 Å². The molecule has 0 unspecified atom stereocenters. The molecule has 17 heavy (non-hydrogen) atoms. The molecule has 1 aromatic heterocycles. The third-order valence-corrected chi connectivity index (χ3v) is 3.70. The number of hydrogen-bond donors (Lipinski definition) is 1. The maximum atomic E-state index is 11.0. The quantitative estimate of drug-likeness (QED) is 0.584. The maximum absolute atomic E-state index is 11.0. The second kappa shape index (κ2) is 3.69. The number of nitro groups is 1. The van der Waals surface area contributed by atoms with E-state index in [1.165, 1.54) is 10.9 Å². The summed E-state index contributed by atoms with van der Waals surface area (Å²) in [6, 6.07) is 0.364. The van der Waals surface area contributed by atoms with Gasteiger partial charge in [-0.2, -0.15) is 0 Å². The zero-order valence-corrected chi connectivity index (χ0v) is 9.67. The van der Waals surface area contributed by atoms with Crippen molar-refractivity contribution < 1.29 is 4.92 Å². The molecule has 7 nitrogen and oxygen atoms in total. The standard InChI is InChI=1S/C10H15N5O2/c1-13-6-9(15(16)17)10(12-13)14-3-2-7-4-11-5-8(7)14/h6-8,11H,2-5H2,1H3/t7-,8+/m0/s1. The average molecular weight is 237 g/mol. The van der Waals surface area contributed by atoms with Crippen LogP contribution in [0, 0.1) is 16.0 Å². The molecule has 2 fully saturated rings. The fourth-order valence-corrected chi connectivity index (χ4v) is 2.91. The Morgan fingerprint density at radius 2 is 2.41 bits per heavy atom. The van der Waals surface area contributed by atoms with Gasteiger partial charge in [-0.15, -0.1) is 5.10 Å². The first kappa shape index (κ1) is 10.5. The topological polar surface area (TPSA) is 76.2 Å². The Hall–Kier alpha value is -1.63. The van der Waals surface area contributed by atoms with Crippen LogP contribution in [0.3, 0.4) is 0 Å². The molecular formula is C10H15N5O2. The summed E-state index contributed by atoms with van der Waals surface area (Å²) in [5.41, 5.74) is 0.111. The zero-order valence-electron chi connectivity index (χ0n) is 9.67. The minimum atomic E-state index is -0.349. The number of rotatable bonds is 2. The van der Waals surface area contributed by atoms with Gasteiger partial charge in [-0.25, -0.2) is 0 Å². The van der Waals surface area contributed by atoms with E-state index in [1.54, 1.807) is 7.05 Å². The van der Waals surface area contributed by atoms with Crippen molar-refractivity contribution in [1.29, 1.82) is 0 Å². The first-order chi connectivity index (χ1) is 8.16. The van der Waals surface area contributed by atoms with E-state index in [1.807, 2.05) is 0 Å². The van der Waals surface area contributed by atoms with Gasteiger partial charge in [0, 0.05) is 32.7 Å². The first-order valence-electron chi connectivity index (χ1n) is 5.82. The van der Waals surface area contributed by atoms with Crippen LogP contribution in [-0.4, -0.2) is 40.4 Å². The Bertz CT molecular complexity index is 458. The Morgan fingerprint density at radius 3 is 3.18 bits per heavy atom. The van der Waals surface area contributed by atoms with Crippen LogP contribution in [0.2, 0.25) is 0 Å². The monoisotopic (exact) mass is 237 g/mol. The van der Waals surface area contributed by atoms with Gasteiger partial charge in [-0.3, -0.25) is 14.8 Å². The number of nitrogens with one attached hydrogen (secondary N) is 1. The molecule has 2 aliphatic heterocycles. The van der Waals surface area contributed by atoms with Crippen LogP contribution in [0.4, 0.5) is 11.5 Å². The van der Waals surface area contributed by atoms with Gasteiger partial charge in [0.05, 0.1) is 4.92 Å². The third-order valence-electron chi connectivity index (χ3n) is 3.70. The Kier molecular flexibility index (Phi) is 2.29. The summed E-state index contributed by atoms with van der Waals surface area (Å²) < 4.78 is 1.52. The molecule has 1 N–H and O–H groups in total. The molecule has 0 bridgehead atoms. The van der Waals surface area contributed by atoms with Crippen molar-refractivity contribution in [2.24, 2.45) is 13.0 Å². The van der Waals surface area contributed by atoms with Crippen molar-refractivity contribution in [2.45, 2.75) is 12.5 Å². The highest BCUT2D eigenvalue weighted by Crippen LogP contribution is 2.35. The summed E-state index contributed by atoms with van der Waals surface area (Å²) in [6.07, 6.45) is 2.57. The smallest absolute Gasteiger partial charge is 0.330 e. The molecule has 0 amide bonds. The summed E-state index contributed by atoms with van der Waals surface area (Å²) in [6.45, 7) is 2.79. The van der Waals surface area contributed by atoms with Crippen LogP contribution in [0.15, 0.2) is 6.20 Å². The van der Waals surface area contributed by atoms with Crippen LogP contribution in [0.1, 0.15) is 6.42 Å². The number of anilines is 1. The number of aryl methyl sites for hydroxylation is 1. The molecule has 2 aliphatic rings. The van der Waals surface area contributed by atoms with Crippen molar-refractivity contribution in [3.8, 4) is 0 Å². The molecule has 0 radical (unpaired) electrons. The molecule has 0 aromatic carbocycles. The van der Waals surface area contributed by atoms with Crippen molar-refractivity contribution in [3.63, 3.8) is 0 Å². The normalized spacial score (nSPS) is 27.5. The summed E-state index contributed by atoms with van der Waals surface area (Å²) in [5, 5.41) is 18.6. The van der Waals surface area contributed by atoms with E-state index in [2.05, 4.69) is 15.3 Å². The third kappa shape index (κ3) is 1.57. The van der Waals surface area contributed by atoms with Crippen molar-refractivity contribution in [1.82, 2.24) is 15.1 Å². The Labute approximate surface area is 98.5 Å². The minimum Gasteiger partial charge on any atom is -0.345 e. The van der Waals surface area contributed by atoms with E-state index in [9.17, 15) is 10.1 Å². The highest BCUT2D eigenvalue weighted by atomic mass is 16.6. The number of aromatic nitrogens is 2. The van der Waals surface area contributed by atoms with Crippen LogP contribution < -0.4 is 10.2 Å². The van der Waals surface area contributed by atoms with Crippen LogP contribution in [-0.2, 0) is 7.05 Å². The van der Waals surface area contributed by atoms with E-state index >= 15 is 0 Å². The summed E-state index contributed by atoms with van der Waals surface area (Å²) in [5.74, 6) is 1.13. The molecule has 2 atom stereocenters. The van der Waals surface area contributed by atoms with Gasteiger partial charge in [-0.1, -0.05) is 0 Å². The van der Waals surface area contributed by atoms with Gasteiger partial charge in [0.15, 0.2) is 0 Å². The van der Waals surface area contributed by atoms with E-state index in [-0.39, 0.29) is 10.6 Å². The van der Waals surface area contributed by atoms with Crippen molar-refractivity contribution in [3.05, 3.63) is 16.3 Å². The molecule has 1 aromatic rings. The molecule has 2 saturated heterocycles. The minimum absolute atomic E-state index is 0.111. The molecule has 7 heteroatoms. The van der Waals surface area contributed by atoms with Gasteiger partial charge in [0.1, 0.15) is 6.20 Å². The lowest BCUT2D eigenvalue weighted by Crippen LogP contribution is -2.34. The lowest BCUT2D eigenvalue weighted by atomic mass is 10.1. The Balaban J connectivity index is 1.96. The molecule has 0 saturated carbocycles. The molecular weight excluding hydrogens is 222 g/mol. The van der Waals surface area contributed by atoms with Gasteiger partial charge < -0.3 is 10.2 Å². The molecule has 92 valence electrons. The van der Waals surface area contributed by atoms with E-state index in [4.69, 9.17) is 0 Å². The zero-order chi connectivity index (χ0) is 12.0. The first-order valence-corrected chi connectivity index (χ1v) is 5.82. The fourth-order valence-electron chi connectivity index (χ4n) is 2.91. The van der Waals surface area contributed by atoms with E-state index in [0.717, 1.165) is 26.1 Å². The van der Waals surface area contributed by atoms with Crippen LogP contribution >= 0.6 is 0 Å². The average Bonchev–Trinajstić information content (AvgIpc) is 2.89. The van der Waals surface area contributed by atoms with Gasteiger partial charge >= 0.3 is 5.69 Å². The SMILES string of the molecule is Cn1cc([N+](=O)[O-])c(N2CC[C@H]3CNC[C@H]32)n1. The summed E-state index contributed by atoms with van der Waals surface area (Å²) >= 11 is 0. The van der Waals surface area contributed by atoms with E-state index in [0.29, 0.717) is 17.8 Å². The Morgan fingerprint density at radius 1 is 1.59 bits per heavy atom. The van der Waals surface area contributed by atoms with Gasteiger partial charge in [0.2, 0.25) is 5.82 Å². The highest BCUT2D eigenvalue weighted by Gasteiger charge is 2.41.